The van der Waals surface area contributed by atoms with Crippen LogP contribution in [0.25, 0.3) is 21.5 Å². The van der Waals surface area contributed by atoms with Crippen LogP contribution in [0.5, 0.6) is 0 Å². The van der Waals surface area contributed by atoms with Gasteiger partial charge >= 0.3 is 0 Å². The Hall–Kier alpha value is -1.82. The highest BCUT2D eigenvalue weighted by Gasteiger charge is 2.18. The van der Waals surface area contributed by atoms with Gasteiger partial charge in [-0.15, -0.1) is 0 Å². The third-order valence-corrected chi connectivity index (χ3v) is 4.55. The fourth-order valence-corrected chi connectivity index (χ4v) is 3.21. The summed E-state index contributed by atoms with van der Waals surface area (Å²) in [5, 5.41) is 5.45. The molecule has 0 aliphatic rings. The molecule has 0 radical (unpaired) electrons. The van der Waals surface area contributed by atoms with Crippen LogP contribution in [-0.2, 0) is 10.8 Å². The molecule has 0 nitrogen and oxygen atoms in total. The zero-order chi connectivity index (χ0) is 16.1. The fraction of sp³-hybridized carbons (Fsp3) is 0.364. The minimum absolute atomic E-state index is 0.162. The monoisotopic (exact) mass is 290 g/mol. The molecule has 0 heteroatoms. The highest BCUT2D eigenvalue weighted by atomic mass is 14.2. The summed E-state index contributed by atoms with van der Waals surface area (Å²) in [7, 11) is 0. The third kappa shape index (κ3) is 2.52. The minimum Gasteiger partial charge on any atom is -0.0613 e. The lowest BCUT2D eigenvalue weighted by atomic mass is 9.81. The number of fused-ring (bicyclic) bond motifs is 3. The Morgan fingerprint density at radius 3 is 1.91 bits per heavy atom. The van der Waals surface area contributed by atoms with E-state index in [1.807, 2.05) is 0 Å². The van der Waals surface area contributed by atoms with E-state index in [0.717, 1.165) is 0 Å². The van der Waals surface area contributed by atoms with Crippen molar-refractivity contribution in [1.29, 1.82) is 0 Å². The molecule has 0 spiro atoms. The van der Waals surface area contributed by atoms with Crippen LogP contribution in [0.2, 0.25) is 0 Å². The van der Waals surface area contributed by atoms with Gasteiger partial charge in [0.15, 0.2) is 0 Å². The molecule has 3 rings (SSSR count). The molecular formula is C22H26. The van der Waals surface area contributed by atoms with Gasteiger partial charge in [-0.25, -0.2) is 0 Å². The Morgan fingerprint density at radius 2 is 1.27 bits per heavy atom. The van der Waals surface area contributed by atoms with Gasteiger partial charge in [0, 0.05) is 0 Å². The van der Waals surface area contributed by atoms with Crippen molar-refractivity contribution in [3.63, 3.8) is 0 Å². The van der Waals surface area contributed by atoms with Crippen molar-refractivity contribution in [1.82, 2.24) is 0 Å². The normalized spacial score (nSPS) is 13.0. The van der Waals surface area contributed by atoms with Gasteiger partial charge in [0.1, 0.15) is 0 Å². The van der Waals surface area contributed by atoms with E-state index >= 15 is 0 Å². The van der Waals surface area contributed by atoms with Gasteiger partial charge in [0.05, 0.1) is 0 Å². The number of hydrogen-bond acceptors (Lipinski definition) is 0. The molecule has 0 fully saturated rings. The molecule has 0 saturated carbocycles. The van der Waals surface area contributed by atoms with Gasteiger partial charge in [-0.05, 0) is 43.5 Å². The van der Waals surface area contributed by atoms with Gasteiger partial charge in [-0.3, -0.25) is 0 Å². The smallest absolute Gasteiger partial charge is 0.0102 e. The maximum absolute atomic E-state index is 2.38. The minimum atomic E-state index is 0.162. The van der Waals surface area contributed by atoms with Crippen molar-refractivity contribution in [2.75, 3.05) is 0 Å². The highest BCUT2D eigenvalue weighted by Crippen LogP contribution is 2.35. The van der Waals surface area contributed by atoms with Gasteiger partial charge < -0.3 is 0 Å². The first-order valence-corrected chi connectivity index (χ1v) is 8.14. The second-order valence-electron chi connectivity index (χ2n) is 8.40. The Kier molecular flexibility index (Phi) is 3.32. The van der Waals surface area contributed by atoms with Crippen molar-refractivity contribution in [2.24, 2.45) is 0 Å². The maximum Gasteiger partial charge on any atom is -0.0102 e. The molecule has 0 unspecified atom stereocenters. The summed E-state index contributed by atoms with van der Waals surface area (Å²) >= 11 is 0. The lowest BCUT2D eigenvalue weighted by Crippen LogP contribution is -2.12. The average molecular weight is 290 g/mol. The summed E-state index contributed by atoms with van der Waals surface area (Å²) in [6.07, 6.45) is 0. The molecule has 0 heterocycles. The van der Waals surface area contributed by atoms with Gasteiger partial charge in [0.25, 0.3) is 0 Å². The Morgan fingerprint density at radius 1 is 0.591 bits per heavy atom. The van der Waals surface area contributed by atoms with Crippen LogP contribution >= 0.6 is 0 Å². The highest BCUT2D eigenvalue weighted by molar-refractivity contribution is 6.09. The Balaban J connectivity index is 2.40. The standard InChI is InChI=1S/C22H26/c1-21(2,3)16-12-10-15-11-13-18-17(19(15)14-16)8-7-9-20(18)22(4,5)6/h7-14H,1-6H3. The average Bonchev–Trinajstić information content (AvgIpc) is 2.44. The summed E-state index contributed by atoms with van der Waals surface area (Å²) in [6.45, 7) is 13.7. The Labute approximate surface area is 134 Å². The SMILES string of the molecule is CC(C)(C)c1ccc2ccc3c(C(C)(C)C)cccc3c2c1. The number of benzene rings is 3. The molecule has 0 aliphatic carbocycles. The van der Waals surface area contributed by atoms with Crippen LogP contribution in [0.15, 0.2) is 48.5 Å². The summed E-state index contributed by atoms with van der Waals surface area (Å²) in [4.78, 5) is 0. The molecule has 0 amide bonds. The fourth-order valence-electron chi connectivity index (χ4n) is 3.21. The van der Waals surface area contributed by atoms with Crippen molar-refractivity contribution in [3.8, 4) is 0 Å². The number of rotatable bonds is 0. The van der Waals surface area contributed by atoms with Gasteiger partial charge in [-0.1, -0.05) is 90.1 Å². The topological polar surface area (TPSA) is 0 Å². The molecule has 3 aromatic carbocycles. The zero-order valence-corrected chi connectivity index (χ0v) is 14.6. The van der Waals surface area contributed by atoms with Crippen molar-refractivity contribution < 1.29 is 0 Å². The Bertz CT molecular complexity index is 839. The first-order valence-electron chi connectivity index (χ1n) is 8.14. The van der Waals surface area contributed by atoms with E-state index in [9.17, 15) is 0 Å². The van der Waals surface area contributed by atoms with E-state index < -0.39 is 0 Å². The molecule has 0 bridgehead atoms. The molecule has 0 aliphatic heterocycles. The predicted octanol–water partition coefficient (Wildman–Crippen LogP) is 6.59. The first-order chi connectivity index (χ1) is 10.2. The van der Waals surface area contributed by atoms with E-state index in [4.69, 9.17) is 0 Å². The summed E-state index contributed by atoms with van der Waals surface area (Å²) < 4.78 is 0. The molecule has 0 atom stereocenters. The van der Waals surface area contributed by atoms with E-state index in [0.29, 0.717) is 0 Å². The van der Waals surface area contributed by atoms with Crippen LogP contribution < -0.4 is 0 Å². The third-order valence-electron chi connectivity index (χ3n) is 4.55. The molecule has 3 aromatic rings. The molecule has 0 N–H and O–H groups in total. The predicted molar refractivity (Wildman–Crippen MR) is 98.9 cm³/mol. The second kappa shape index (κ2) is 4.84. The van der Waals surface area contributed by atoms with Crippen LogP contribution in [0, 0.1) is 0 Å². The van der Waals surface area contributed by atoms with Gasteiger partial charge in [-0.2, -0.15) is 0 Å². The van der Waals surface area contributed by atoms with Crippen molar-refractivity contribution in [3.05, 3.63) is 59.7 Å². The zero-order valence-electron chi connectivity index (χ0n) is 14.6. The summed E-state index contributed by atoms with van der Waals surface area (Å²) in [6, 6.07) is 18.2. The second-order valence-corrected chi connectivity index (χ2v) is 8.40. The number of hydrogen-bond donors (Lipinski definition) is 0. The van der Waals surface area contributed by atoms with Crippen LogP contribution in [0.1, 0.15) is 52.7 Å². The lowest BCUT2D eigenvalue weighted by molar-refractivity contribution is 0.591. The van der Waals surface area contributed by atoms with E-state index in [1.54, 1.807) is 0 Å². The first kappa shape index (κ1) is 15.1. The van der Waals surface area contributed by atoms with Crippen LogP contribution in [0.3, 0.4) is 0 Å². The van der Waals surface area contributed by atoms with E-state index in [1.165, 1.54) is 32.7 Å². The van der Waals surface area contributed by atoms with E-state index in [-0.39, 0.29) is 10.8 Å². The molecule has 0 saturated heterocycles. The van der Waals surface area contributed by atoms with Crippen molar-refractivity contribution in [2.45, 2.75) is 52.4 Å². The molecule has 22 heavy (non-hydrogen) atoms. The molecule has 0 aromatic heterocycles. The molecular weight excluding hydrogens is 264 g/mol. The van der Waals surface area contributed by atoms with Crippen molar-refractivity contribution >= 4 is 21.5 Å². The lowest BCUT2D eigenvalue weighted by Gasteiger charge is -2.23. The summed E-state index contributed by atoms with van der Waals surface area (Å²) in [5.74, 6) is 0. The maximum atomic E-state index is 2.38. The van der Waals surface area contributed by atoms with Crippen LogP contribution in [0.4, 0.5) is 0 Å². The summed E-state index contributed by atoms with van der Waals surface area (Å²) in [5.41, 5.74) is 3.16. The quantitative estimate of drug-likeness (QED) is 0.410. The van der Waals surface area contributed by atoms with E-state index in [2.05, 4.69) is 90.1 Å². The largest absolute Gasteiger partial charge is 0.0613 e. The molecule has 114 valence electrons. The van der Waals surface area contributed by atoms with Crippen LogP contribution in [-0.4, -0.2) is 0 Å². The van der Waals surface area contributed by atoms with Gasteiger partial charge in [0.2, 0.25) is 0 Å².